The molecule has 0 saturated heterocycles. The number of nitrogens with two attached hydrogens (primary N) is 1. The molecule has 1 aliphatic carbocycles. The first-order chi connectivity index (χ1) is 10.3. The summed E-state index contributed by atoms with van der Waals surface area (Å²) in [6.07, 6.45) is 3.88. The van der Waals surface area contributed by atoms with Crippen molar-refractivity contribution in [3.05, 3.63) is 35.8 Å². The van der Waals surface area contributed by atoms with Crippen molar-refractivity contribution in [2.24, 2.45) is 0 Å². The molecule has 0 aliphatic heterocycles. The molecule has 3 N–H and O–H groups in total. The van der Waals surface area contributed by atoms with Crippen molar-refractivity contribution in [1.29, 1.82) is 0 Å². The van der Waals surface area contributed by atoms with E-state index >= 15 is 0 Å². The second kappa shape index (κ2) is 6.20. The molecule has 0 spiro atoms. The van der Waals surface area contributed by atoms with Crippen LogP contribution in [0.25, 0.3) is 0 Å². The van der Waals surface area contributed by atoms with Gasteiger partial charge in [0.1, 0.15) is 5.82 Å². The summed E-state index contributed by atoms with van der Waals surface area (Å²) in [5.74, 6) is 0.731. The average molecular weight is 336 g/mol. The lowest BCUT2D eigenvalue weighted by Crippen LogP contribution is -2.25. The Morgan fingerprint density at radius 2 is 2.04 bits per heavy atom. The maximum atomic E-state index is 12.4. The third-order valence-electron chi connectivity index (χ3n) is 3.64. The van der Waals surface area contributed by atoms with Gasteiger partial charge in [0.15, 0.2) is 5.69 Å². The first-order valence-electron chi connectivity index (χ1n) is 7.48. The molecule has 7 heteroatoms. The number of rotatable bonds is 3. The van der Waals surface area contributed by atoms with Gasteiger partial charge in [-0.15, -0.1) is 12.4 Å². The summed E-state index contributed by atoms with van der Waals surface area (Å²) in [5, 5.41) is 7.32. The van der Waals surface area contributed by atoms with Crippen LogP contribution in [0.15, 0.2) is 24.4 Å². The molecule has 2 aromatic rings. The van der Waals surface area contributed by atoms with Gasteiger partial charge in [0, 0.05) is 11.6 Å². The minimum absolute atomic E-state index is 0. The monoisotopic (exact) mass is 335 g/mol. The van der Waals surface area contributed by atoms with Crippen molar-refractivity contribution in [2.45, 2.75) is 45.1 Å². The molecule has 23 heavy (non-hydrogen) atoms. The molecular formula is C16H22ClN5O. The molecule has 0 atom stereocenters. The number of pyridine rings is 1. The number of anilines is 2. The van der Waals surface area contributed by atoms with E-state index < -0.39 is 0 Å². The van der Waals surface area contributed by atoms with E-state index in [0.29, 0.717) is 23.1 Å². The largest absolute Gasteiger partial charge is 0.384 e. The number of nitrogen functional groups attached to an aromatic ring is 1. The third-order valence-corrected chi connectivity index (χ3v) is 3.64. The third kappa shape index (κ3) is 3.82. The lowest BCUT2D eigenvalue weighted by molar-refractivity contribution is 0.102. The fourth-order valence-electron chi connectivity index (χ4n) is 2.39. The summed E-state index contributed by atoms with van der Waals surface area (Å²) in [6.45, 7) is 6.28. The number of nitrogens with one attached hydrogen (secondary N) is 1. The minimum atomic E-state index is -0.225. The summed E-state index contributed by atoms with van der Waals surface area (Å²) in [6, 6.07) is 5.28. The Hall–Kier alpha value is -2.08. The molecule has 1 aliphatic rings. The number of halogens is 1. The quantitative estimate of drug-likeness (QED) is 0.902. The average Bonchev–Trinajstić information content (AvgIpc) is 3.18. The van der Waals surface area contributed by atoms with E-state index in [0.717, 1.165) is 5.69 Å². The van der Waals surface area contributed by atoms with Crippen LogP contribution in [0.4, 0.5) is 11.5 Å². The molecule has 2 aromatic heterocycles. The van der Waals surface area contributed by atoms with Gasteiger partial charge in [-0.3, -0.25) is 9.48 Å². The van der Waals surface area contributed by atoms with Gasteiger partial charge in [0.25, 0.3) is 5.91 Å². The molecule has 6 nitrogen and oxygen atoms in total. The molecule has 3 rings (SSSR count). The molecule has 0 unspecified atom stereocenters. The highest BCUT2D eigenvalue weighted by Gasteiger charge is 2.32. The van der Waals surface area contributed by atoms with Gasteiger partial charge in [-0.05, 0) is 51.8 Å². The maximum absolute atomic E-state index is 12.4. The highest BCUT2D eigenvalue weighted by atomic mass is 35.5. The zero-order valence-electron chi connectivity index (χ0n) is 13.5. The van der Waals surface area contributed by atoms with Crippen molar-refractivity contribution >= 4 is 29.8 Å². The maximum Gasteiger partial charge on any atom is 0.276 e. The van der Waals surface area contributed by atoms with Crippen LogP contribution in [0, 0.1) is 0 Å². The van der Waals surface area contributed by atoms with Crippen molar-refractivity contribution in [3.8, 4) is 0 Å². The first-order valence-corrected chi connectivity index (χ1v) is 7.48. The van der Waals surface area contributed by atoms with E-state index in [-0.39, 0.29) is 23.9 Å². The van der Waals surface area contributed by atoms with E-state index in [4.69, 9.17) is 5.73 Å². The number of carbonyl (C=O) groups is 1. The summed E-state index contributed by atoms with van der Waals surface area (Å²) >= 11 is 0. The number of aromatic nitrogens is 3. The minimum Gasteiger partial charge on any atom is -0.384 e. The smallest absolute Gasteiger partial charge is 0.276 e. The molecular weight excluding hydrogens is 314 g/mol. The van der Waals surface area contributed by atoms with E-state index in [1.54, 1.807) is 12.1 Å². The zero-order valence-corrected chi connectivity index (χ0v) is 14.4. The van der Waals surface area contributed by atoms with Gasteiger partial charge in [-0.1, -0.05) is 0 Å². The van der Waals surface area contributed by atoms with Crippen LogP contribution >= 0.6 is 12.4 Å². The Morgan fingerprint density at radius 1 is 1.35 bits per heavy atom. The van der Waals surface area contributed by atoms with Crippen LogP contribution in [0.3, 0.4) is 0 Å². The van der Waals surface area contributed by atoms with Gasteiger partial charge in [0.2, 0.25) is 0 Å². The Morgan fingerprint density at radius 3 is 2.57 bits per heavy atom. The van der Waals surface area contributed by atoms with Crippen molar-refractivity contribution in [3.63, 3.8) is 0 Å². The van der Waals surface area contributed by atoms with E-state index in [1.165, 1.54) is 19.0 Å². The van der Waals surface area contributed by atoms with Crippen LogP contribution in [0.2, 0.25) is 0 Å². The number of hydrogen-bond acceptors (Lipinski definition) is 4. The number of amides is 1. The number of carbonyl (C=O) groups excluding carboxylic acids is 1. The normalized spacial score (nSPS) is 14.2. The molecule has 0 bridgehead atoms. The van der Waals surface area contributed by atoms with Gasteiger partial charge in [0.05, 0.1) is 17.4 Å². The molecule has 124 valence electrons. The highest BCUT2D eigenvalue weighted by Crippen LogP contribution is 2.41. The summed E-state index contributed by atoms with van der Waals surface area (Å²) in [4.78, 5) is 16.4. The van der Waals surface area contributed by atoms with Crippen LogP contribution in [-0.2, 0) is 5.54 Å². The lowest BCUT2D eigenvalue weighted by Gasteiger charge is -2.22. The predicted octanol–water partition coefficient (Wildman–Crippen LogP) is 3.17. The fraction of sp³-hybridized carbons (Fsp3) is 0.438. The molecule has 0 radical (unpaired) electrons. The fourth-order valence-corrected chi connectivity index (χ4v) is 2.39. The molecule has 1 amide bonds. The van der Waals surface area contributed by atoms with Crippen molar-refractivity contribution < 1.29 is 4.79 Å². The highest BCUT2D eigenvalue weighted by molar-refractivity contribution is 6.02. The molecule has 0 aromatic carbocycles. The Balaban J connectivity index is 0.00000192. The SMILES string of the molecule is CC(C)(C)n1nc(C(=O)Nc2ccc(N)nc2)cc1C1CC1.Cl. The van der Waals surface area contributed by atoms with Crippen LogP contribution in [-0.4, -0.2) is 20.7 Å². The number of hydrogen-bond donors (Lipinski definition) is 2. The second-order valence-corrected chi connectivity index (χ2v) is 6.74. The molecule has 1 fully saturated rings. The van der Waals surface area contributed by atoms with E-state index in [2.05, 4.69) is 36.2 Å². The van der Waals surface area contributed by atoms with Gasteiger partial charge in [-0.2, -0.15) is 5.10 Å². The Labute approximate surface area is 141 Å². The van der Waals surface area contributed by atoms with Crippen molar-refractivity contribution in [2.75, 3.05) is 11.1 Å². The van der Waals surface area contributed by atoms with E-state index in [1.807, 2.05) is 10.7 Å². The summed E-state index contributed by atoms with van der Waals surface area (Å²) in [7, 11) is 0. The molecule has 1 saturated carbocycles. The van der Waals surface area contributed by atoms with Crippen molar-refractivity contribution in [1.82, 2.24) is 14.8 Å². The first kappa shape index (κ1) is 17.3. The van der Waals surface area contributed by atoms with Crippen LogP contribution < -0.4 is 11.1 Å². The number of nitrogens with zero attached hydrogens (tertiary/aromatic N) is 3. The van der Waals surface area contributed by atoms with Gasteiger partial charge in [-0.25, -0.2) is 4.98 Å². The van der Waals surface area contributed by atoms with Crippen LogP contribution in [0.1, 0.15) is 55.7 Å². The topological polar surface area (TPSA) is 85.8 Å². The standard InChI is InChI=1S/C16H21N5O.ClH/c1-16(2,3)21-13(10-4-5-10)8-12(20-21)15(22)19-11-6-7-14(17)18-9-11;/h6-10H,4-5H2,1-3H3,(H2,17,18)(H,19,22);1H. The predicted molar refractivity (Wildman–Crippen MR) is 93.0 cm³/mol. The van der Waals surface area contributed by atoms with Gasteiger partial charge >= 0.3 is 0 Å². The van der Waals surface area contributed by atoms with Crippen LogP contribution in [0.5, 0.6) is 0 Å². The Bertz CT molecular complexity index is 698. The Kier molecular flexibility index (Phi) is 4.66. The lowest BCUT2D eigenvalue weighted by atomic mass is 10.1. The summed E-state index contributed by atoms with van der Waals surface area (Å²) in [5.41, 5.74) is 7.59. The summed E-state index contributed by atoms with van der Waals surface area (Å²) < 4.78 is 1.97. The van der Waals surface area contributed by atoms with Gasteiger partial charge < -0.3 is 11.1 Å². The zero-order chi connectivity index (χ0) is 15.9. The molecule has 2 heterocycles. The van der Waals surface area contributed by atoms with E-state index in [9.17, 15) is 4.79 Å². The second-order valence-electron chi connectivity index (χ2n) is 6.74.